The van der Waals surface area contributed by atoms with Gasteiger partial charge in [0, 0.05) is 16.2 Å². The van der Waals surface area contributed by atoms with Crippen molar-refractivity contribution in [1.82, 2.24) is 0 Å². The molecule has 0 aliphatic rings. The zero-order chi connectivity index (χ0) is 11.5. The molecule has 0 spiro atoms. The van der Waals surface area contributed by atoms with Gasteiger partial charge in [-0.1, -0.05) is 6.07 Å². The highest BCUT2D eigenvalue weighted by Crippen LogP contribution is 2.22. The summed E-state index contributed by atoms with van der Waals surface area (Å²) in [4.78, 5) is 0. The van der Waals surface area contributed by atoms with Crippen LogP contribution in [0.15, 0.2) is 18.2 Å². The van der Waals surface area contributed by atoms with E-state index in [0.717, 1.165) is 0 Å². The average molecular weight is 253 g/mol. The van der Waals surface area contributed by atoms with Crippen molar-refractivity contribution in [2.75, 3.05) is 7.11 Å². The largest absolute Gasteiger partial charge is 0.496 e. The van der Waals surface area contributed by atoms with Crippen molar-refractivity contribution >= 4 is 19.7 Å². The van der Waals surface area contributed by atoms with Crippen LogP contribution in [0.1, 0.15) is 11.1 Å². The molecule has 1 aromatic rings. The van der Waals surface area contributed by atoms with E-state index in [9.17, 15) is 12.8 Å². The van der Waals surface area contributed by atoms with Gasteiger partial charge in [0.05, 0.1) is 12.9 Å². The van der Waals surface area contributed by atoms with E-state index in [0.29, 0.717) is 16.9 Å². The van der Waals surface area contributed by atoms with Gasteiger partial charge in [0.2, 0.25) is 9.05 Å². The Morgan fingerprint density at radius 1 is 1.47 bits per heavy atom. The third-order valence-corrected chi connectivity index (χ3v) is 2.83. The molecule has 0 amide bonds. The van der Waals surface area contributed by atoms with Gasteiger partial charge in [-0.2, -0.15) is 0 Å². The second-order valence-electron chi connectivity index (χ2n) is 2.96. The van der Waals surface area contributed by atoms with Crippen molar-refractivity contribution in [3.05, 3.63) is 29.3 Å². The summed E-state index contributed by atoms with van der Waals surface area (Å²) in [7, 11) is 2.89. The third-order valence-electron chi connectivity index (χ3n) is 1.83. The summed E-state index contributed by atoms with van der Waals surface area (Å²) in [6.45, 7) is -0.709. The molecule has 0 saturated carbocycles. The van der Waals surface area contributed by atoms with Crippen molar-refractivity contribution in [3.63, 3.8) is 0 Å². The predicted octanol–water partition coefficient (Wildman–Crippen LogP) is 2.23. The quantitative estimate of drug-likeness (QED) is 0.772. The van der Waals surface area contributed by atoms with Gasteiger partial charge in [-0.05, 0) is 17.7 Å². The fourth-order valence-electron chi connectivity index (χ4n) is 1.23. The maximum atomic E-state index is 12.5. The Hall–Kier alpha value is -0.810. The first-order valence-corrected chi connectivity index (χ1v) is 6.58. The van der Waals surface area contributed by atoms with Crippen LogP contribution in [-0.4, -0.2) is 15.5 Å². The fraction of sp³-hybridized carbons (Fsp3) is 0.333. The van der Waals surface area contributed by atoms with Gasteiger partial charge in [-0.15, -0.1) is 0 Å². The normalized spacial score (nSPS) is 11.4. The van der Waals surface area contributed by atoms with Crippen molar-refractivity contribution in [3.8, 4) is 5.75 Å². The van der Waals surface area contributed by atoms with E-state index in [1.54, 1.807) is 0 Å². The number of hydrogen-bond acceptors (Lipinski definition) is 3. The zero-order valence-electron chi connectivity index (χ0n) is 8.04. The highest BCUT2D eigenvalue weighted by Gasteiger charge is 2.10. The monoisotopic (exact) mass is 252 g/mol. The fourth-order valence-corrected chi connectivity index (χ4v) is 2.18. The van der Waals surface area contributed by atoms with Crippen molar-refractivity contribution in [1.29, 1.82) is 0 Å². The lowest BCUT2D eigenvalue weighted by molar-refractivity contribution is 0.394. The van der Waals surface area contributed by atoms with Gasteiger partial charge in [0.1, 0.15) is 12.4 Å². The van der Waals surface area contributed by atoms with Crippen LogP contribution in [0.4, 0.5) is 4.39 Å². The van der Waals surface area contributed by atoms with Gasteiger partial charge in [0.25, 0.3) is 0 Å². The lowest BCUT2D eigenvalue weighted by Gasteiger charge is -2.06. The minimum absolute atomic E-state index is 0.314. The molecule has 0 bridgehead atoms. The Labute approximate surface area is 92.2 Å². The second kappa shape index (κ2) is 4.81. The molecular weight excluding hydrogens is 243 g/mol. The predicted molar refractivity (Wildman–Crippen MR) is 56.3 cm³/mol. The van der Waals surface area contributed by atoms with Crippen LogP contribution in [0, 0.1) is 0 Å². The van der Waals surface area contributed by atoms with Crippen LogP contribution >= 0.6 is 10.7 Å². The van der Waals surface area contributed by atoms with Gasteiger partial charge in [0.15, 0.2) is 0 Å². The summed E-state index contributed by atoms with van der Waals surface area (Å²) in [5, 5.41) is 0. The van der Waals surface area contributed by atoms with Gasteiger partial charge >= 0.3 is 0 Å². The zero-order valence-corrected chi connectivity index (χ0v) is 9.61. The number of alkyl halides is 1. The molecule has 84 valence electrons. The first kappa shape index (κ1) is 12.3. The van der Waals surface area contributed by atoms with Crippen molar-refractivity contribution in [2.45, 2.75) is 12.4 Å². The molecule has 0 aromatic heterocycles. The van der Waals surface area contributed by atoms with E-state index in [4.69, 9.17) is 15.4 Å². The average Bonchev–Trinajstić information content (AvgIpc) is 2.15. The minimum atomic E-state index is -3.61. The second-order valence-corrected chi connectivity index (χ2v) is 5.74. The molecule has 15 heavy (non-hydrogen) atoms. The van der Waals surface area contributed by atoms with Gasteiger partial charge in [-0.25, -0.2) is 12.8 Å². The Morgan fingerprint density at radius 3 is 2.60 bits per heavy atom. The summed E-state index contributed by atoms with van der Waals surface area (Å²) >= 11 is 0. The molecule has 0 radical (unpaired) electrons. The number of benzene rings is 1. The maximum absolute atomic E-state index is 12.5. The number of methoxy groups -OCH3 is 1. The maximum Gasteiger partial charge on any atom is 0.236 e. The standard InChI is InChI=1S/C9H10ClFO3S/c1-14-9-3-2-7(4-8(9)5-11)6-15(10,12)13/h2-4H,5-6H2,1H3. The van der Waals surface area contributed by atoms with Crippen LogP contribution < -0.4 is 4.74 Å². The molecule has 6 heteroatoms. The molecule has 0 heterocycles. The Balaban J connectivity index is 3.03. The Kier molecular flexibility index (Phi) is 3.93. The van der Waals surface area contributed by atoms with Crippen LogP contribution in [-0.2, 0) is 21.5 Å². The van der Waals surface area contributed by atoms with Gasteiger partial charge in [-0.3, -0.25) is 0 Å². The van der Waals surface area contributed by atoms with E-state index in [-0.39, 0.29) is 5.75 Å². The molecular formula is C9H10ClFO3S. The SMILES string of the molecule is COc1ccc(CS(=O)(=O)Cl)cc1CF. The lowest BCUT2D eigenvalue weighted by Crippen LogP contribution is -1.97. The first-order valence-electron chi connectivity index (χ1n) is 4.10. The molecule has 0 unspecified atom stereocenters. The van der Waals surface area contributed by atoms with E-state index in [2.05, 4.69) is 0 Å². The third kappa shape index (κ3) is 3.68. The van der Waals surface area contributed by atoms with Crippen LogP contribution in [0.2, 0.25) is 0 Å². The van der Waals surface area contributed by atoms with Crippen molar-refractivity contribution < 1.29 is 17.5 Å². The minimum Gasteiger partial charge on any atom is -0.496 e. The summed E-state index contributed by atoms with van der Waals surface area (Å²) in [5.74, 6) is 0.0826. The summed E-state index contributed by atoms with van der Waals surface area (Å²) in [6.07, 6.45) is 0. The molecule has 0 aliphatic carbocycles. The lowest BCUT2D eigenvalue weighted by atomic mass is 10.1. The molecule has 0 atom stereocenters. The highest BCUT2D eigenvalue weighted by atomic mass is 35.7. The number of halogens is 2. The highest BCUT2D eigenvalue weighted by molar-refractivity contribution is 8.13. The van der Waals surface area contributed by atoms with Crippen LogP contribution in [0.3, 0.4) is 0 Å². The van der Waals surface area contributed by atoms with Crippen LogP contribution in [0.25, 0.3) is 0 Å². The Morgan fingerprint density at radius 2 is 2.13 bits per heavy atom. The Bertz CT molecular complexity index is 445. The number of hydrogen-bond donors (Lipinski definition) is 0. The van der Waals surface area contributed by atoms with Crippen LogP contribution in [0.5, 0.6) is 5.75 Å². The summed E-state index contributed by atoms with van der Waals surface area (Å²) in [5.41, 5.74) is 0.758. The number of ether oxygens (including phenoxy) is 1. The molecule has 0 saturated heterocycles. The number of rotatable bonds is 4. The molecule has 0 aliphatic heterocycles. The van der Waals surface area contributed by atoms with E-state index in [1.807, 2.05) is 0 Å². The van der Waals surface area contributed by atoms with E-state index >= 15 is 0 Å². The first-order chi connectivity index (χ1) is 6.96. The molecule has 1 rings (SSSR count). The van der Waals surface area contributed by atoms with E-state index < -0.39 is 15.7 Å². The topological polar surface area (TPSA) is 43.4 Å². The summed E-state index contributed by atoms with van der Waals surface area (Å²) < 4.78 is 39.0. The summed E-state index contributed by atoms with van der Waals surface area (Å²) in [6, 6.07) is 4.49. The molecule has 0 N–H and O–H groups in total. The molecule has 1 aromatic carbocycles. The van der Waals surface area contributed by atoms with E-state index in [1.165, 1.54) is 25.3 Å². The smallest absolute Gasteiger partial charge is 0.236 e. The van der Waals surface area contributed by atoms with Crippen molar-refractivity contribution in [2.24, 2.45) is 0 Å². The molecule has 3 nitrogen and oxygen atoms in total. The van der Waals surface area contributed by atoms with Gasteiger partial charge < -0.3 is 4.74 Å². The molecule has 0 fully saturated rings.